The molecule has 1 amide bonds. The van der Waals surface area contributed by atoms with E-state index in [0.29, 0.717) is 12.1 Å². The van der Waals surface area contributed by atoms with Crippen LogP contribution in [0.4, 0.5) is 5.69 Å². The van der Waals surface area contributed by atoms with Crippen LogP contribution in [0.2, 0.25) is 0 Å². The number of para-hydroxylation sites is 1. The number of amides is 1. The predicted molar refractivity (Wildman–Crippen MR) is 87.0 cm³/mol. The molecule has 2 aromatic rings. The van der Waals surface area contributed by atoms with Crippen LogP contribution in [0.25, 0.3) is 5.57 Å². The minimum Gasteiger partial charge on any atom is -0.303 e. The van der Waals surface area contributed by atoms with E-state index in [-0.39, 0.29) is 17.1 Å². The van der Waals surface area contributed by atoms with E-state index < -0.39 is 0 Å². The van der Waals surface area contributed by atoms with Crippen molar-refractivity contribution in [1.29, 1.82) is 10.5 Å². The van der Waals surface area contributed by atoms with Crippen LogP contribution in [0.5, 0.6) is 0 Å². The van der Waals surface area contributed by atoms with Gasteiger partial charge in [-0.05, 0) is 24.1 Å². The lowest BCUT2D eigenvalue weighted by molar-refractivity contribution is -0.113. The molecule has 2 aromatic carbocycles. The first-order chi connectivity index (χ1) is 11.2. The lowest BCUT2D eigenvalue weighted by Crippen LogP contribution is -2.26. The Morgan fingerprint density at radius 1 is 1.04 bits per heavy atom. The van der Waals surface area contributed by atoms with E-state index in [4.69, 9.17) is 10.5 Å². The van der Waals surface area contributed by atoms with E-state index in [1.807, 2.05) is 55.5 Å². The van der Waals surface area contributed by atoms with Gasteiger partial charge < -0.3 is 4.90 Å². The zero-order valence-corrected chi connectivity index (χ0v) is 12.6. The summed E-state index contributed by atoms with van der Waals surface area (Å²) in [5, 5.41) is 18.3. The summed E-state index contributed by atoms with van der Waals surface area (Å²) in [5.41, 5.74) is 3.56. The number of carbonyl (C=O) groups is 1. The molecule has 0 saturated heterocycles. The fourth-order valence-electron chi connectivity index (χ4n) is 2.77. The van der Waals surface area contributed by atoms with E-state index in [9.17, 15) is 4.79 Å². The highest BCUT2D eigenvalue weighted by Gasteiger charge is 2.34. The van der Waals surface area contributed by atoms with Gasteiger partial charge in [-0.2, -0.15) is 10.5 Å². The Kier molecular flexibility index (Phi) is 3.66. The summed E-state index contributed by atoms with van der Waals surface area (Å²) in [4.78, 5) is 14.4. The molecule has 4 heteroatoms. The SMILES string of the molecule is Cc1ccccc1CN1C(=O)C(=C(C#N)C#N)c2ccccc21. The Hall–Kier alpha value is -3.37. The van der Waals surface area contributed by atoms with Gasteiger partial charge in [0.25, 0.3) is 5.91 Å². The number of nitrogens with zero attached hydrogens (tertiary/aromatic N) is 3. The summed E-state index contributed by atoms with van der Waals surface area (Å²) in [7, 11) is 0. The minimum atomic E-state index is -0.299. The molecule has 0 radical (unpaired) electrons. The van der Waals surface area contributed by atoms with Gasteiger partial charge in [-0.15, -0.1) is 0 Å². The Morgan fingerprint density at radius 3 is 2.39 bits per heavy atom. The molecule has 0 bridgehead atoms. The summed E-state index contributed by atoms with van der Waals surface area (Å²) in [6, 6.07) is 18.8. The minimum absolute atomic E-state index is 0.144. The van der Waals surface area contributed by atoms with Crippen molar-refractivity contribution in [3.05, 3.63) is 70.8 Å². The Labute approximate surface area is 134 Å². The van der Waals surface area contributed by atoms with Crippen LogP contribution in [-0.2, 0) is 11.3 Å². The number of hydrogen-bond acceptors (Lipinski definition) is 3. The molecule has 0 unspecified atom stereocenters. The molecule has 1 aliphatic heterocycles. The van der Waals surface area contributed by atoms with Crippen molar-refractivity contribution in [2.24, 2.45) is 0 Å². The van der Waals surface area contributed by atoms with Crippen molar-refractivity contribution in [2.45, 2.75) is 13.5 Å². The molecule has 0 fully saturated rings. The Balaban J connectivity index is 2.13. The van der Waals surface area contributed by atoms with Gasteiger partial charge in [-0.3, -0.25) is 4.79 Å². The maximum Gasteiger partial charge on any atom is 0.261 e. The van der Waals surface area contributed by atoms with E-state index in [2.05, 4.69) is 0 Å². The smallest absolute Gasteiger partial charge is 0.261 e. The third-order valence-electron chi connectivity index (χ3n) is 3.99. The van der Waals surface area contributed by atoms with Gasteiger partial charge in [0.05, 0.1) is 17.8 Å². The first-order valence-corrected chi connectivity index (χ1v) is 7.17. The van der Waals surface area contributed by atoms with Gasteiger partial charge in [0.1, 0.15) is 17.7 Å². The van der Waals surface area contributed by atoms with Gasteiger partial charge in [0.15, 0.2) is 0 Å². The first-order valence-electron chi connectivity index (χ1n) is 7.17. The third-order valence-corrected chi connectivity index (χ3v) is 3.99. The molecule has 0 spiro atoms. The van der Waals surface area contributed by atoms with Gasteiger partial charge in [-0.1, -0.05) is 42.5 Å². The second-order valence-electron chi connectivity index (χ2n) is 5.31. The van der Waals surface area contributed by atoms with Crippen molar-refractivity contribution in [3.63, 3.8) is 0 Å². The van der Waals surface area contributed by atoms with Gasteiger partial charge in [0, 0.05) is 5.56 Å². The topological polar surface area (TPSA) is 67.9 Å². The molecule has 110 valence electrons. The number of anilines is 1. The maximum absolute atomic E-state index is 12.8. The quantitative estimate of drug-likeness (QED) is 0.631. The van der Waals surface area contributed by atoms with Crippen LogP contribution in [0.1, 0.15) is 16.7 Å². The summed E-state index contributed by atoms with van der Waals surface area (Å²) in [6.45, 7) is 2.41. The standard InChI is InChI=1S/C19H13N3O/c1-13-6-2-3-7-14(13)12-22-17-9-5-4-8-16(17)18(19(22)23)15(10-20)11-21/h2-9H,12H2,1H3. The zero-order chi connectivity index (χ0) is 16.4. The molecule has 0 saturated carbocycles. The number of aryl methyl sites for hydroxylation is 1. The predicted octanol–water partition coefficient (Wildman–Crippen LogP) is 3.34. The van der Waals surface area contributed by atoms with Crippen molar-refractivity contribution in [1.82, 2.24) is 0 Å². The molecule has 1 heterocycles. The number of allylic oxidation sites excluding steroid dienone is 1. The van der Waals surface area contributed by atoms with Gasteiger partial charge >= 0.3 is 0 Å². The Morgan fingerprint density at radius 2 is 1.70 bits per heavy atom. The largest absolute Gasteiger partial charge is 0.303 e. The van der Waals surface area contributed by atoms with Gasteiger partial charge in [0.2, 0.25) is 0 Å². The summed E-state index contributed by atoms with van der Waals surface area (Å²) >= 11 is 0. The molecule has 0 atom stereocenters. The fraction of sp³-hybridized carbons (Fsp3) is 0.105. The zero-order valence-electron chi connectivity index (χ0n) is 12.6. The van der Waals surface area contributed by atoms with E-state index in [1.54, 1.807) is 17.0 Å². The molecule has 4 nitrogen and oxygen atoms in total. The van der Waals surface area contributed by atoms with Crippen LogP contribution >= 0.6 is 0 Å². The van der Waals surface area contributed by atoms with Crippen molar-refractivity contribution >= 4 is 17.2 Å². The number of fused-ring (bicyclic) bond motifs is 1. The fourth-order valence-corrected chi connectivity index (χ4v) is 2.77. The average Bonchev–Trinajstić information content (AvgIpc) is 2.84. The molecule has 0 aromatic heterocycles. The van der Waals surface area contributed by atoms with Crippen LogP contribution < -0.4 is 4.90 Å². The van der Waals surface area contributed by atoms with Crippen molar-refractivity contribution in [3.8, 4) is 12.1 Å². The van der Waals surface area contributed by atoms with Crippen LogP contribution in [0.15, 0.2) is 54.1 Å². The van der Waals surface area contributed by atoms with Crippen molar-refractivity contribution < 1.29 is 4.79 Å². The number of rotatable bonds is 2. The average molecular weight is 299 g/mol. The highest BCUT2D eigenvalue weighted by Crippen LogP contribution is 2.39. The van der Waals surface area contributed by atoms with E-state index in [0.717, 1.165) is 16.8 Å². The molecule has 3 rings (SSSR count). The molecular weight excluding hydrogens is 286 g/mol. The summed E-state index contributed by atoms with van der Waals surface area (Å²) in [6.07, 6.45) is 0. The maximum atomic E-state index is 12.8. The molecule has 0 N–H and O–H groups in total. The van der Waals surface area contributed by atoms with Crippen molar-refractivity contribution in [2.75, 3.05) is 4.90 Å². The molecular formula is C19H13N3O. The molecule has 23 heavy (non-hydrogen) atoms. The first kappa shape index (κ1) is 14.6. The van der Waals surface area contributed by atoms with Crippen LogP contribution in [0, 0.1) is 29.6 Å². The van der Waals surface area contributed by atoms with E-state index >= 15 is 0 Å². The lowest BCUT2D eigenvalue weighted by atomic mass is 10.0. The monoisotopic (exact) mass is 299 g/mol. The second-order valence-corrected chi connectivity index (χ2v) is 5.31. The highest BCUT2D eigenvalue weighted by atomic mass is 16.2. The normalized spacial score (nSPS) is 12.6. The number of carbonyl (C=O) groups excluding carboxylic acids is 1. The molecule has 1 aliphatic rings. The molecule has 0 aliphatic carbocycles. The van der Waals surface area contributed by atoms with Crippen LogP contribution in [-0.4, -0.2) is 5.91 Å². The second kappa shape index (κ2) is 5.79. The highest BCUT2D eigenvalue weighted by molar-refractivity contribution is 6.34. The third kappa shape index (κ3) is 2.37. The summed E-state index contributed by atoms with van der Waals surface area (Å²) < 4.78 is 0. The van der Waals surface area contributed by atoms with Crippen LogP contribution in [0.3, 0.4) is 0 Å². The number of benzene rings is 2. The van der Waals surface area contributed by atoms with E-state index in [1.165, 1.54) is 0 Å². The number of nitriles is 2. The lowest BCUT2D eigenvalue weighted by Gasteiger charge is -2.18. The Bertz CT molecular complexity index is 897. The number of hydrogen-bond donors (Lipinski definition) is 0. The van der Waals surface area contributed by atoms with Gasteiger partial charge in [-0.25, -0.2) is 0 Å². The summed E-state index contributed by atoms with van der Waals surface area (Å²) in [5.74, 6) is -0.299.